The second kappa shape index (κ2) is 10.5. The van der Waals surface area contributed by atoms with Crippen LogP contribution in [0.1, 0.15) is 28.4 Å². The SMILES string of the molecule is CC(=O)Cn1cc(C(=O)NCc2ccc(Cl)cc2)c(=O)c2cc(CN3CCOCC3)cc(F)c21. The van der Waals surface area contributed by atoms with E-state index < -0.39 is 17.2 Å². The van der Waals surface area contributed by atoms with E-state index in [0.29, 0.717) is 43.4 Å². The lowest BCUT2D eigenvalue weighted by Crippen LogP contribution is -2.35. The van der Waals surface area contributed by atoms with Gasteiger partial charge in [-0.15, -0.1) is 0 Å². The summed E-state index contributed by atoms with van der Waals surface area (Å²) in [5.41, 5.74) is 0.718. The van der Waals surface area contributed by atoms with Gasteiger partial charge in [-0.2, -0.15) is 0 Å². The lowest BCUT2D eigenvalue weighted by atomic mass is 10.1. The molecule has 3 aromatic rings. The molecule has 34 heavy (non-hydrogen) atoms. The zero-order valence-corrected chi connectivity index (χ0v) is 19.5. The monoisotopic (exact) mass is 485 g/mol. The van der Waals surface area contributed by atoms with E-state index in [0.717, 1.165) is 5.56 Å². The zero-order chi connectivity index (χ0) is 24.2. The fraction of sp³-hybridized carbons (Fsp3) is 0.320. The highest BCUT2D eigenvalue weighted by Gasteiger charge is 2.20. The first-order valence-electron chi connectivity index (χ1n) is 11.0. The Labute approximate surface area is 201 Å². The quantitative estimate of drug-likeness (QED) is 0.556. The Bertz CT molecular complexity index is 1280. The van der Waals surface area contributed by atoms with E-state index >= 15 is 4.39 Å². The number of aromatic nitrogens is 1. The van der Waals surface area contributed by atoms with Crippen molar-refractivity contribution < 1.29 is 18.7 Å². The average Bonchev–Trinajstić information content (AvgIpc) is 2.80. The van der Waals surface area contributed by atoms with Crippen molar-refractivity contribution in [3.05, 3.63) is 80.3 Å². The molecule has 0 aliphatic carbocycles. The van der Waals surface area contributed by atoms with Crippen molar-refractivity contribution in [3.63, 3.8) is 0 Å². The van der Waals surface area contributed by atoms with Gasteiger partial charge in [0.25, 0.3) is 5.91 Å². The molecule has 2 heterocycles. The molecule has 4 rings (SSSR count). The van der Waals surface area contributed by atoms with Gasteiger partial charge in [0.15, 0.2) is 0 Å². The van der Waals surface area contributed by atoms with Crippen molar-refractivity contribution in [2.24, 2.45) is 0 Å². The van der Waals surface area contributed by atoms with Crippen molar-refractivity contribution in [3.8, 4) is 0 Å². The molecule has 1 fully saturated rings. The number of ketones is 1. The number of fused-ring (bicyclic) bond motifs is 1. The lowest BCUT2D eigenvalue weighted by Gasteiger charge is -2.26. The van der Waals surface area contributed by atoms with Crippen molar-refractivity contribution >= 4 is 34.2 Å². The highest BCUT2D eigenvalue weighted by atomic mass is 35.5. The van der Waals surface area contributed by atoms with Gasteiger partial charge in [0, 0.05) is 42.8 Å². The van der Waals surface area contributed by atoms with Crippen LogP contribution in [0.15, 0.2) is 47.4 Å². The smallest absolute Gasteiger partial charge is 0.257 e. The molecule has 0 bridgehead atoms. The van der Waals surface area contributed by atoms with Crippen LogP contribution in [0.3, 0.4) is 0 Å². The van der Waals surface area contributed by atoms with E-state index in [9.17, 15) is 14.4 Å². The maximum absolute atomic E-state index is 15.2. The summed E-state index contributed by atoms with van der Waals surface area (Å²) in [5.74, 6) is -1.43. The first-order chi connectivity index (χ1) is 16.3. The van der Waals surface area contributed by atoms with E-state index in [1.807, 2.05) is 0 Å². The molecule has 1 amide bonds. The Kier molecular flexibility index (Phi) is 7.41. The lowest BCUT2D eigenvalue weighted by molar-refractivity contribution is -0.117. The van der Waals surface area contributed by atoms with Crippen LogP contribution in [0.25, 0.3) is 10.9 Å². The molecule has 178 valence electrons. The molecule has 0 unspecified atom stereocenters. The summed E-state index contributed by atoms with van der Waals surface area (Å²) >= 11 is 5.89. The van der Waals surface area contributed by atoms with Gasteiger partial charge in [-0.25, -0.2) is 4.39 Å². The number of pyridine rings is 1. The van der Waals surface area contributed by atoms with Gasteiger partial charge in [-0.05, 0) is 42.3 Å². The number of Topliss-reactive ketones (excluding diaryl/α,β-unsaturated/α-hetero) is 1. The van der Waals surface area contributed by atoms with Crippen LogP contribution in [-0.4, -0.2) is 47.5 Å². The molecule has 7 nitrogen and oxygen atoms in total. The number of nitrogens with one attached hydrogen (secondary N) is 1. The van der Waals surface area contributed by atoms with Crippen molar-refractivity contribution in [1.82, 2.24) is 14.8 Å². The molecule has 0 spiro atoms. The van der Waals surface area contributed by atoms with Gasteiger partial charge in [-0.3, -0.25) is 19.3 Å². The number of amides is 1. The van der Waals surface area contributed by atoms with Gasteiger partial charge in [-0.1, -0.05) is 23.7 Å². The fourth-order valence-electron chi connectivity index (χ4n) is 4.06. The third-order valence-corrected chi connectivity index (χ3v) is 5.95. The zero-order valence-electron chi connectivity index (χ0n) is 18.8. The number of carbonyl (C=O) groups is 2. The number of benzene rings is 2. The van der Waals surface area contributed by atoms with Crippen LogP contribution >= 0.6 is 11.6 Å². The van der Waals surface area contributed by atoms with Crippen LogP contribution in [0.5, 0.6) is 0 Å². The molecule has 1 aromatic heterocycles. The molecule has 1 aliphatic heterocycles. The Morgan fingerprint density at radius 1 is 1.12 bits per heavy atom. The minimum atomic E-state index is -0.604. The van der Waals surface area contributed by atoms with Crippen molar-refractivity contribution in [2.45, 2.75) is 26.6 Å². The molecule has 0 atom stereocenters. The summed E-state index contributed by atoms with van der Waals surface area (Å²) in [6, 6.07) is 9.95. The molecule has 2 aromatic carbocycles. The van der Waals surface area contributed by atoms with Crippen LogP contribution in [0, 0.1) is 5.82 Å². The predicted octanol–water partition coefficient (Wildman–Crippen LogP) is 3.15. The molecular formula is C25H25ClFN3O4. The Balaban J connectivity index is 1.70. The Morgan fingerprint density at radius 3 is 2.50 bits per heavy atom. The van der Waals surface area contributed by atoms with Gasteiger partial charge >= 0.3 is 0 Å². The topological polar surface area (TPSA) is 80.6 Å². The number of hydrogen-bond donors (Lipinski definition) is 1. The van der Waals surface area contributed by atoms with Crippen LogP contribution in [0.4, 0.5) is 4.39 Å². The summed E-state index contributed by atoms with van der Waals surface area (Å²) in [6.07, 6.45) is 1.26. The fourth-order valence-corrected chi connectivity index (χ4v) is 4.19. The van der Waals surface area contributed by atoms with Crippen molar-refractivity contribution in [2.75, 3.05) is 26.3 Å². The summed E-state index contributed by atoms with van der Waals surface area (Å²) in [6.45, 7) is 4.46. The largest absolute Gasteiger partial charge is 0.379 e. The maximum Gasteiger partial charge on any atom is 0.257 e. The molecule has 9 heteroatoms. The number of halogens is 2. The minimum absolute atomic E-state index is 0.0141. The second-order valence-corrected chi connectivity index (χ2v) is 8.81. The molecule has 0 radical (unpaired) electrons. The average molecular weight is 486 g/mol. The van der Waals surface area contributed by atoms with Crippen LogP contribution in [-0.2, 0) is 29.2 Å². The molecule has 1 N–H and O–H groups in total. The van der Waals surface area contributed by atoms with Crippen LogP contribution in [0.2, 0.25) is 5.02 Å². The highest BCUT2D eigenvalue weighted by molar-refractivity contribution is 6.30. The number of hydrogen-bond acceptors (Lipinski definition) is 5. The third kappa shape index (κ3) is 5.52. The summed E-state index contributed by atoms with van der Waals surface area (Å²) < 4.78 is 21.9. The number of nitrogens with zero attached hydrogens (tertiary/aromatic N) is 2. The summed E-state index contributed by atoms with van der Waals surface area (Å²) in [7, 11) is 0. The van der Waals surface area contributed by atoms with Crippen molar-refractivity contribution in [1.29, 1.82) is 0 Å². The van der Waals surface area contributed by atoms with Crippen LogP contribution < -0.4 is 10.7 Å². The predicted molar refractivity (Wildman–Crippen MR) is 128 cm³/mol. The van der Waals surface area contributed by atoms with Gasteiger partial charge in [0.2, 0.25) is 5.43 Å². The maximum atomic E-state index is 15.2. The third-order valence-electron chi connectivity index (χ3n) is 5.70. The van der Waals surface area contributed by atoms with E-state index in [1.54, 1.807) is 30.3 Å². The number of ether oxygens (including phenoxy) is 1. The summed E-state index contributed by atoms with van der Waals surface area (Å²) in [5, 5.41) is 3.37. The van der Waals surface area contributed by atoms with E-state index in [4.69, 9.17) is 16.3 Å². The first kappa shape index (κ1) is 24.1. The summed E-state index contributed by atoms with van der Waals surface area (Å²) in [4.78, 5) is 40.2. The number of rotatable bonds is 7. The molecule has 1 saturated heterocycles. The minimum Gasteiger partial charge on any atom is -0.379 e. The Hall–Kier alpha value is -3.07. The highest BCUT2D eigenvalue weighted by Crippen LogP contribution is 2.21. The second-order valence-electron chi connectivity index (χ2n) is 8.37. The van der Waals surface area contributed by atoms with Gasteiger partial charge in [0.05, 0.1) is 25.3 Å². The Morgan fingerprint density at radius 2 is 1.82 bits per heavy atom. The number of morpholine rings is 1. The normalized spacial score (nSPS) is 14.3. The van der Waals surface area contributed by atoms with Gasteiger partial charge < -0.3 is 14.6 Å². The van der Waals surface area contributed by atoms with E-state index in [1.165, 1.54) is 23.8 Å². The molecule has 1 aliphatic rings. The van der Waals surface area contributed by atoms with Gasteiger partial charge in [0.1, 0.15) is 17.2 Å². The van der Waals surface area contributed by atoms with E-state index in [2.05, 4.69) is 10.2 Å². The van der Waals surface area contributed by atoms with E-state index in [-0.39, 0.29) is 35.3 Å². The molecule has 0 saturated carbocycles. The standard InChI is InChI=1S/C25H25ClFN3O4/c1-16(31)13-30-15-21(25(33)28-12-17-2-4-19(26)5-3-17)24(32)20-10-18(11-22(27)23(20)30)14-29-6-8-34-9-7-29/h2-5,10-11,15H,6-9,12-14H2,1H3,(H,28,33). The first-order valence-corrected chi connectivity index (χ1v) is 11.4. The molecular weight excluding hydrogens is 461 g/mol. The number of carbonyl (C=O) groups excluding carboxylic acids is 2.